The second-order valence-electron chi connectivity index (χ2n) is 3.41. The molecule has 0 radical (unpaired) electrons. The van der Waals surface area contributed by atoms with E-state index in [1.54, 1.807) is 18.2 Å². The molecule has 0 aliphatic carbocycles. The lowest BCUT2D eigenvalue weighted by atomic mass is 10.2. The van der Waals surface area contributed by atoms with Crippen LogP contribution in [0.4, 0.5) is 0 Å². The first-order chi connectivity index (χ1) is 8.65. The number of carboxylic acids is 1. The van der Waals surface area contributed by atoms with Crippen LogP contribution in [-0.2, 0) is 4.79 Å². The summed E-state index contributed by atoms with van der Waals surface area (Å²) in [6.45, 7) is -0.438. The van der Waals surface area contributed by atoms with E-state index in [1.165, 1.54) is 12.3 Å². The topological polar surface area (TPSA) is 72.3 Å². The molecule has 1 aromatic heterocycles. The average Bonchev–Trinajstić information content (AvgIpc) is 2.37. The van der Waals surface area contributed by atoms with Crippen molar-refractivity contribution in [3.05, 3.63) is 41.6 Å². The molecule has 92 valence electrons. The Bertz CT molecular complexity index is 575. The number of rotatable bonds is 4. The van der Waals surface area contributed by atoms with Crippen LogP contribution in [0.2, 0.25) is 5.02 Å². The number of carboxylic acid groups (broad SMARTS) is 1. The quantitative estimate of drug-likeness (QED) is 0.917. The maximum Gasteiger partial charge on any atom is 0.341 e. The number of aliphatic carboxylic acids is 1. The van der Waals surface area contributed by atoms with E-state index in [9.17, 15) is 4.79 Å². The molecule has 0 aliphatic rings. The van der Waals surface area contributed by atoms with Gasteiger partial charge in [-0.2, -0.15) is 4.98 Å². The minimum absolute atomic E-state index is 0.211. The standard InChI is InChI=1S/C12H9ClN2O3/c13-9-3-1-2-8(6-9)12-14-5-4-10(15-12)18-7-11(16)17/h1-6H,7H2,(H,16,17). The van der Waals surface area contributed by atoms with Gasteiger partial charge in [0.05, 0.1) is 0 Å². The van der Waals surface area contributed by atoms with Gasteiger partial charge in [0.15, 0.2) is 12.4 Å². The number of nitrogens with zero attached hydrogens (tertiary/aromatic N) is 2. The van der Waals surface area contributed by atoms with E-state index in [2.05, 4.69) is 9.97 Å². The summed E-state index contributed by atoms with van der Waals surface area (Å²) in [5, 5.41) is 9.09. The van der Waals surface area contributed by atoms with Crippen LogP contribution in [0.1, 0.15) is 0 Å². The number of ether oxygens (including phenoxy) is 1. The van der Waals surface area contributed by atoms with E-state index in [1.807, 2.05) is 6.07 Å². The van der Waals surface area contributed by atoms with Crippen LogP contribution in [0, 0.1) is 0 Å². The summed E-state index contributed by atoms with van der Waals surface area (Å²) in [5.74, 6) is -0.416. The van der Waals surface area contributed by atoms with Crippen molar-refractivity contribution >= 4 is 17.6 Å². The molecule has 18 heavy (non-hydrogen) atoms. The number of benzene rings is 1. The molecule has 0 fully saturated rings. The first-order valence-corrected chi connectivity index (χ1v) is 5.46. The Balaban J connectivity index is 2.24. The molecule has 0 bridgehead atoms. The van der Waals surface area contributed by atoms with Crippen LogP contribution in [0.3, 0.4) is 0 Å². The molecule has 0 atom stereocenters. The minimum atomic E-state index is -1.06. The summed E-state index contributed by atoms with van der Waals surface area (Å²) in [5.41, 5.74) is 0.739. The Labute approximate surface area is 108 Å². The van der Waals surface area contributed by atoms with Crippen LogP contribution < -0.4 is 4.74 Å². The molecule has 1 aromatic carbocycles. The minimum Gasteiger partial charge on any atom is -0.479 e. The molecule has 2 aromatic rings. The zero-order valence-electron chi connectivity index (χ0n) is 9.21. The lowest BCUT2D eigenvalue weighted by Crippen LogP contribution is -2.10. The fraction of sp³-hybridized carbons (Fsp3) is 0.0833. The van der Waals surface area contributed by atoms with Crippen LogP contribution >= 0.6 is 11.6 Å². The van der Waals surface area contributed by atoms with Crippen molar-refractivity contribution in [3.63, 3.8) is 0 Å². The monoisotopic (exact) mass is 264 g/mol. The second-order valence-corrected chi connectivity index (χ2v) is 3.85. The SMILES string of the molecule is O=C(O)COc1ccnc(-c2cccc(Cl)c2)n1. The lowest BCUT2D eigenvalue weighted by molar-refractivity contribution is -0.139. The van der Waals surface area contributed by atoms with Gasteiger partial charge in [0.1, 0.15) is 0 Å². The third kappa shape index (κ3) is 3.18. The first kappa shape index (κ1) is 12.3. The highest BCUT2D eigenvalue weighted by atomic mass is 35.5. The number of aromatic nitrogens is 2. The summed E-state index contributed by atoms with van der Waals surface area (Å²) >= 11 is 5.87. The zero-order valence-corrected chi connectivity index (χ0v) is 9.96. The van der Waals surface area contributed by atoms with E-state index in [0.717, 1.165) is 5.56 Å². The van der Waals surface area contributed by atoms with Gasteiger partial charge in [-0.1, -0.05) is 23.7 Å². The van der Waals surface area contributed by atoms with Crippen LogP contribution in [0.25, 0.3) is 11.4 Å². The summed E-state index contributed by atoms with van der Waals surface area (Å²) in [4.78, 5) is 18.6. The predicted octanol–water partition coefficient (Wildman–Crippen LogP) is 2.26. The third-order valence-corrected chi connectivity index (χ3v) is 2.29. The Hall–Kier alpha value is -2.14. The van der Waals surface area contributed by atoms with Gasteiger partial charge in [-0.25, -0.2) is 9.78 Å². The number of hydrogen-bond donors (Lipinski definition) is 1. The zero-order chi connectivity index (χ0) is 13.0. The number of hydrogen-bond acceptors (Lipinski definition) is 4. The van der Waals surface area contributed by atoms with Gasteiger partial charge in [-0.3, -0.25) is 0 Å². The lowest BCUT2D eigenvalue weighted by Gasteiger charge is -2.04. The molecule has 0 spiro atoms. The highest BCUT2D eigenvalue weighted by Gasteiger charge is 2.05. The molecule has 5 nitrogen and oxygen atoms in total. The maximum absolute atomic E-state index is 10.4. The molecular formula is C12H9ClN2O3. The first-order valence-electron chi connectivity index (χ1n) is 5.09. The second kappa shape index (κ2) is 5.46. The molecule has 2 rings (SSSR count). The van der Waals surface area contributed by atoms with Crippen molar-refractivity contribution in [1.82, 2.24) is 9.97 Å². The Kier molecular flexibility index (Phi) is 3.74. The van der Waals surface area contributed by atoms with Crippen LogP contribution in [0.5, 0.6) is 5.88 Å². The van der Waals surface area contributed by atoms with Crippen LogP contribution in [-0.4, -0.2) is 27.7 Å². The molecule has 0 saturated heterocycles. The normalized spacial score (nSPS) is 10.1. The van der Waals surface area contributed by atoms with Gasteiger partial charge < -0.3 is 9.84 Å². The van der Waals surface area contributed by atoms with Gasteiger partial charge in [0.2, 0.25) is 5.88 Å². The molecular weight excluding hydrogens is 256 g/mol. The van der Waals surface area contributed by atoms with E-state index in [4.69, 9.17) is 21.4 Å². The summed E-state index contributed by atoms with van der Waals surface area (Å²) in [6, 6.07) is 8.55. The molecule has 0 amide bonds. The van der Waals surface area contributed by atoms with E-state index >= 15 is 0 Å². The van der Waals surface area contributed by atoms with Crippen molar-refractivity contribution in [1.29, 1.82) is 0 Å². The Morgan fingerprint density at radius 3 is 2.94 bits per heavy atom. The fourth-order valence-electron chi connectivity index (χ4n) is 1.32. The molecule has 1 heterocycles. The Morgan fingerprint density at radius 1 is 1.39 bits per heavy atom. The summed E-state index contributed by atoms with van der Waals surface area (Å²) < 4.78 is 4.98. The van der Waals surface area contributed by atoms with Gasteiger partial charge in [0.25, 0.3) is 0 Å². The third-order valence-electron chi connectivity index (χ3n) is 2.06. The highest BCUT2D eigenvalue weighted by Crippen LogP contribution is 2.20. The molecule has 1 N–H and O–H groups in total. The van der Waals surface area contributed by atoms with Gasteiger partial charge >= 0.3 is 5.97 Å². The number of halogens is 1. The smallest absolute Gasteiger partial charge is 0.341 e. The maximum atomic E-state index is 10.4. The van der Waals surface area contributed by atoms with Crippen molar-refractivity contribution < 1.29 is 14.6 Å². The van der Waals surface area contributed by atoms with Gasteiger partial charge in [-0.15, -0.1) is 0 Å². The van der Waals surface area contributed by atoms with E-state index < -0.39 is 12.6 Å². The Morgan fingerprint density at radius 2 is 2.22 bits per heavy atom. The summed E-state index contributed by atoms with van der Waals surface area (Å²) in [6.07, 6.45) is 1.50. The van der Waals surface area contributed by atoms with E-state index in [-0.39, 0.29) is 5.88 Å². The largest absolute Gasteiger partial charge is 0.479 e. The molecule has 0 aliphatic heterocycles. The van der Waals surface area contributed by atoms with Crippen molar-refractivity contribution in [3.8, 4) is 17.3 Å². The van der Waals surface area contributed by atoms with Crippen LogP contribution in [0.15, 0.2) is 36.5 Å². The highest BCUT2D eigenvalue weighted by molar-refractivity contribution is 6.30. The number of carbonyl (C=O) groups is 1. The van der Waals surface area contributed by atoms with Crippen molar-refractivity contribution in [2.45, 2.75) is 0 Å². The molecule has 0 saturated carbocycles. The van der Waals surface area contributed by atoms with Crippen molar-refractivity contribution in [2.75, 3.05) is 6.61 Å². The van der Waals surface area contributed by atoms with E-state index in [0.29, 0.717) is 10.8 Å². The van der Waals surface area contributed by atoms with Gasteiger partial charge in [-0.05, 0) is 12.1 Å². The molecule has 0 unspecified atom stereocenters. The van der Waals surface area contributed by atoms with Crippen molar-refractivity contribution in [2.24, 2.45) is 0 Å². The predicted molar refractivity (Wildman–Crippen MR) is 65.6 cm³/mol. The fourth-order valence-corrected chi connectivity index (χ4v) is 1.52. The summed E-state index contributed by atoms with van der Waals surface area (Å²) in [7, 11) is 0. The average molecular weight is 265 g/mol. The van der Waals surface area contributed by atoms with Gasteiger partial charge in [0, 0.05) is 22.8 Å². The molecule has 6 heteroatoms.